The summed E-state index contributed by atoms with van der Waals surface area (Å²) in [5.41, 5.74) is 3.17. The van der Waals surface area contributed by atoms with Crippen LogP contribution in [0.15, 0.2) is 18.2 Å². The maximum absolute atomic E-state index is 12.3. The SMILES string of the molecule is Cc1ccc(NC(=O)CN2CCC3(CCC(=O)N3)CC2)c(C)c1. The number of carbonyl (C=O) groups is 2. The second-order valence-electron chi connectivity index (χ2n) is 6.97. The molecule has 0 unspecified atom stereocenters. The Hall–Kier alpha value is -1.88. The minimum atomic E-state index is -0.00238. The van der Waals surface area contributed by atoms with Crippen molar-refractivity contribution in [1.82, 2.24) is 10.2 Å². The van der Waals surface area contributed by atoms with Crippen molar-refractivity contribution in [1.29, 1.82) is 0 Å². The largest absolute Gasteiger partial charge is 0.351 e. The molecule has 5 nitrogen and oxygen atoms in total. The van der Waals surface area contributed by atoms with Gasteiger partial charge in [-0.15, -0.1) is 0 Å². The lowest BCUT2D eigenvalue weighted by atomic mass is 9.86. The molecule has 0 aliphatic carbocycles. The number of rotatable bonds is 3. The van der Waals surface area contributed by atoms with Gasteiger partial charge < -0.3 is 10.6 Å². The van der Waals surface area contributed by atoms with Crippen LogP contribution in [0.2, 0.25) is 0 Å². The number of hydrogen-bond donors (Lipinski definition) is 2. The van der Waals surface area contributed by atoms with Gasteiger partial charge >= 0.3 is 0 Å². The lowest BCUT2D eigenvalue weighted by Crippen LogP contribution is -2.52. The van der Waals surface area contributed by atoms with Gasteiger partial charge in [0.1, 0.15) is 0 Å². The fourth-order valence-corrected chi connectivity index (χ4v) is 3.63. The van der Waals surface area contributed by atoms with Gasteiger partial charge in [-0.1, -0.05) is 17.7 Å². The highest BCUT2D eigenvalue weighted by Gasteiger charge is 2.40. The van der Waals surface area contributed by atoms with Crippen molar-refractivity contribution < 1.29 is 9.59 Å². The molecule has 0 bridgehead atoms. The fraction of sp³-hybridized carbons (Fsp3) is 0.556. The molecular formula is C18H25N3O2. The first kappa shape index (κ1) is 16.0. The van der Waals surface area contributed by atoms with Gasteiger partial charge in [-0.3, -0.25) is 14.5 Å². The number of anilines is 1. The second kappa shape index (κ2) is 6.32. The van der Waals surface area contributed by atoms with Crippen LogP contribution < -0.4 is 10.6 Å². The van der Waals surface area contributed by atoms with E-state index < -0.39 is 0 Å². The minimum absolute atomic E-state index is 0.00238. The average Bonchev–Trinajstić information content (AvgIpc) is 2.86. The smallest absolute Gasteiger partial charge is 0.238 e. The van der Waals surface area contributed by atoms with E-state index in [0.29, 0.717) is 13.0 Å². The molecule has 2 heterocycles. The van der Waals surface area contributed by atoms with Crippen LogP contribution in [0.5, 0.6) is 0 Å². The van der Waals surface area contributed by atoms with Crippen LogP contribution in [0.1, 0.15) is 36.8 Å². The molecule has 0 radical (unpaired) electrons. The van der Waals surface area contributed by atoms with Crippen LogP contribution in [0.25, 0.3) is 0 Å². The van der Waals surface area contributed by atoms with Gasteiger partial charge in [-0.25, -0.2) is 0 Å². The molecule has 2 fully saturated rings. The molecule has 0 aromatic heterocycles. The number of benzene rings is 1. The molecule has 2 aliphatic heterocycles. The minimum Gasteiger partial charge on any atom is -0.351 e. The molecule has 5 heteroatoms. The fourth-order valence-electron chi connectivity index (χ4n) is 3.63. The van der Waals surface area contributed by atoms with Crippen molar-refractivity contribution in [2.24, 2.45) is 0 Å². The molecule has 23 heavy (non-hydrogen) atoms. The summed E-state index contributed by atoms with van der Waals surface area (Å²) in [6, 6.07) is 6.04. The summed E-state index contributed by atoms with van der Waals surface area (Å²) in [5, 5.41) is 6.13. The van der Waals surface area contributed by atoms with Gasteiger partial charge in [0.05, 0.1) is 6.54 Å². The normalized spacial score (nSPS) is 20.5. The Morgan fingerprint density at radius 3 is 2.61 bits per heavy atom. The van der Waals surface area contributed by atoms with E-state index in [2.05, 4.69) is 21.6 Å². The van der Waals surface area contributed by atoms with Crippen LogP contribution >= 0.6 is 0 Å². The Morgan fingerprint density at radius 1 is 1.26 bits per heavy atom. The van der Waals surface area contributed by atoms with E-state index in [1.807, 2.05) is 26.0 Å². The zero-order valence-electron chi connectivity index (χ0n) is 13.9. The van der Waals surface area contributed by atoms with Crippen molar-refractivity contribution in [3.8, 4) is 0 Å². The predicted octanol–water partition coefficient (Wildman–Crippen LogP) is 1.99. The van der Waals surface area contributed by atoms with Gasteiger partial charge in [0.25, 0.3) is 0 Å². The van der Waals surface area contributed by atoms with Gasteiger partial charge in [0.2, 0.25) is 11.8 Å². The number of aryl methyl sites for hydroxylation is 2. The van der Waals surface area contributed by atoms with Gasteiger partial charge in [0, 0.05) is 30.7 Å². The maximum atomic E-state index is 12.3. The van der Waals surface area contributed by atoms with Gasteiger partial charge in [-0.05, 0) is 44.7 Å². The second-order valence-corrected chi connectivity index (χ2v) is 6.97. The average molecular weight is 315 g/mol. The molecule has 0 atom stereocenters. The Labute approximate surface area is 137 Å². The molecule has 2 amide bonds. The number of hydrogen-bond acceptors (Lipinski definition) is 3. The number of likely N-dealkylation sites (tertiary alicyclic amines) is 1. The third-order valence-electron chi connectivity index (χ3n) is 5.07. The summed E-state index contributed by atoms with van der Waals surface area (Å²) in [6.07, 6.45) is 3.47. The molecule has 1 aromatic carbocycles. The summed E-state index contributed by atoms with van der Waals surface area (Å²) in [5.74, 6) is 0.203. The highest BCUT2D eigenvalue weighted by atomic mass is 16.2. The van der Waals surface area contributed by atoms with E-state index in [0.717, 1.165) is 43.6 Å². The summed E-state index contributed by atoms with van der Waals surface area (Å²) < 4.78 is 0. The standard InChI is InChI=1S/C18H25N3O2/c1-13-3-4-15(14(2)11-13)19-17(23)12-21-9-7-18(8-10-21)6-5-16(22)20-18/h3-4,11H,5-10,12H2,1-2H3,(H,19,23)(H,20,22). The summed E-state index contributed by atoms with van der Waals surface area (Å²) in [7, 11) is 0. The van der Waals surface area contributed by atoms with E-state index in [-0.39, 0.29) is 17.4 Å². The Bertz CT molecular complexity index is 619. The van der Waals surface area contributed by atoms with Crippen LogP contribution in [0.4, 0.5) is 5.69 Å². The number of nitrogens with one attached hydrogen (secondary N) is 2. The van der Waals surface area contributed by atoms with Crippen molar-refractivity contribution in [3.05, 3.63) is 29.3 Å². The quantitative estimate of drug-likeness (QED) is 0.897. The Balaban J connectivity index is 1.50. The van der Waals surface area contributed by atoms with E-state index >= 15 is 0 Å². The monoisotopic (exact) mass is 315 g/mol. The first-order chi connectivity index (χ1) is 11.0. The summed E-state index contributed by atoms with van der Waals surface area (Å²) in [4.78, 5) is 25.9. The molecule has 124 valence electrons. The molecule has 2 aliphatic rings. The Morgan fingerprint density at radius 2 is 2.00 bits per heavy atom. The molecule has 2 saturated heterocycles. The molecule has 2 N–H and O–H groups in total. The number of piperidine rings is 1. The zero-order chi connectivity index (χ0) is 16.4. The predicted molar refractivity (Wildman–Crippen MR) is 90.3 cm³/mol. The molecule has 3 rings (SSSR count). The summed E-state index contributed by atoms with van der Waals surface area (Å²) >= 11 is 0. The van der Waals surface area contributed by atoms with Crippen LogP contribution in [0, 0.1) is 13.8 Å². The lowest BCUT2D eigenvalue weighted by Gasteiger charge is -2.38. The lowest BCUT2D eigenvalue weighted by molar-refractivity contribution is -0.121. The summed E-state index contributed by atoms with van der Waals surface area (Å²) in [6.45, 7) is 6.19. The first-order valence-electron chi connectivity index (χ1n) is 8.36. The molecule has 1 aromatic rings. The van der Waals surface area contributed by atoms with E-state index in [1.165, 1.54) is 5.56 Å². The molecule has 0 saturated carbocycles. The van der Waals surface area contributed by atoms with Crippen molar-refractivity contribution >= 4 is 17.5 Å². The third-order valence-corrected chi connectivity index (χ3v) is 5.07. The molecular weight excluding hydrogens is 290 g/mol. The van der Waals surface area contributed by atoms with Crippen LogP contribution in [-0.2, 0) is 9.59 Å². The van der Waals surface area contributed by atoms with E-state index in [4.69, 9.17) is 0 Å². The topological polar surface area (TPSA) is 61.4 Å². The first-order valence-corrected chi connectivity index (χ1v) is 8.36. The number of carbonyl (C=O) groups excluding carboxylic acids is 2. The highest BCUT2D eigenvalue weighted by molar-refractivity contribution is 5.93. The number of amides is 2. The van der Waals surface area contributed by atoms with Crippen molar-refractivity contribution in [3.63, 3.8) is 0 Å². The Kier molecular flexibility index (Phi) is 4.39. The van der Waals surface area contributed by atoms with Crippen molar-refractivity contribution in [2.45, 2.75) is 45.1 Å². The third kappa shape index (κ3) is 3.72. The van der Waals surface area contributed by atoms with Gasteiger partial charge in [0.15, 0.2) is 0 Å². The zero-order valence-corrected chi connectivity index (χ0v) is 13.9. The molecule has 1 spiro atoms. The van der Waals surface area contributed by atoms with Crippen LogP contribution in [0.3, 0.4) is 0 Å². The van der Waals surface area contributed by atoms with Gasteiger partial charge in [-0.2, -0.15) is 0 Å². The van der Waals surface area contributed by atoms with Crippen molar-refractivity contribution in [2.75, 3.05) is 25.0 Å². The van der Waals surface area contributed by atoms with E-state index in [9.17, 15) is 9.59 Å². The maximum Gasteiger partial charge on any atom is 0.238 e. The van der Waals surface area contributed by atoms with Crippen LogP contribution in [-0.4, -0.2) is 41.9 Å². The number of nitrogens with zero attached hydrogens (tertiary/aromatic N) is 1. The van der Waals surface area contributed by atoms with E-state index in [1.54, 1.807) is 0 Å². The highest BCUT2D eigenvalue weighted by Crippen LogP contribution is 2.31.